The average Bonchev–Trinajstić information content (AvgIpc) is 2.78. The minimum atomic E-state index is -1.65. The molecule has 15 heteroatoms. The zero-order chi connectivity index (χ0) is 26.9. The SMILES string of the molecule is CC[C@H](NC(=O)C(C)O[C@H]1[C@H](O)[C@@H](CO)O[C@@H](O)[C@@H]1NC(C)=O)C(=O)N[C@H](CCC(=O)O)C(N)=O. The van der Waals surface area contributed by atoms with Crippen LogP contribution in [0, 0.1) is 0 Å². The number of rotatable bonds is 13. The molecule has 0 aromatic rings. The Bertz CT molecular complexity index is 780. The summed E-state index contributed by atoms with van der Waals surface area (Å²) in [6.07, 6.45) is -7.64. The summed E-state index contributed by atoms with van der Waals surface area (Å²) in [7, 11) is 0. The predicted molar refractivity (Wildman–Crippen MR) is 116 cm³/mol. The molecule has 0 aromatic heterocycles. The first-order chi connectivity index (χ1) is 16.3. The summed E-state index contributed by atoms with van der Waals surface area (Å²) < 4.78 is 10.7. The summed E-state index contributed by atoms with van der Waals surface area (Å²) in [6.45, 7) is 3.35. The summed E-state index contributed by atoms with van der Waals surface area (Å²) in [5.41, 5.74) is 5.20. The van der Waals surface area contributed by atoms with E-state index in [0.717, 1.165) is 6.92 Å². The van der Waals surface area contributed by atoms with E-state index in [0.29, 0.717) is 0 Å². The molecule has 200 valence electrons. The smallest absolute Gasteiger partial charge is 0.303 e. The van der Waals surface area contributed by atoms with E-state index in [1.165, 1.54) is 6.92 Å². The zero-order valence-corrected chi connectivity index (χ0v) is 19.7. The van der Waals surface area contributed by atoms with Crippen molar-refractivity contribution in [3.05, 3.63) is 0 Å². The highest BCUT2D eigenvalue weighted by Gasteiger charge is 2.47. The molecule has 0 bridgehead atoms. The number of hydrogen-bond donors (Lipinski definition) is 8. The van der Waals surface area contributed by atoms with Crippen molar-refractivity contribution in [2.45, 2.75) is 88.9 Å². The number of hydrogen-bond acceptors (Lipinski definition) is 10. The molecule has 1 aliphatic rings. The van der Waals surface area contributed by atoms with E-state index in [2.05, 4.69) is 16.0 Å². The number of carboxylic acids is 1. The summed E-state index contributed by atoms with van der Waals surface area (Å²) in [5.74, 6) is -4.28. The lowest BCUT2D eigenvalue weighted by atomic mass is 9.96. The topological polar surface area (TPSA) is 247 Å². The number of amides is 4. The van der Waals surface area contributed by atoms with Crippen LogP contribution in [-0.4, -0.2) is 105 Å². The predicted octanol–water partition coefficient (Wildman–Crippen LogP) is -3.94. The first-order valence-corrected chi connectivity index (χ1v) is 11.0. The van der Waals surface area contributed by atoms with E-state index < -0.39 is 91.5 Å². The highest BCUT2D eigenvalue weighted by molar-refractivity contribution is 5.92. The van der Waals surface area contributed by atoms with Gasteiger partial charge in [0.25, 0.3) is 0 Å². The number of nitrogens with one attached hydrogen (secondary N) is 3. The van der Waals surface area contributed by atoms with Crippen LogP contribution in [-0.2, 0) is 33.4 Å². The number of ether oxygens (including phenoxy) is 2. The molecular weight excluding hydrogens is 472 g/mol. The van der Waals surface area contributed by atoms with Crippen molar-refractivity contribution in [2.24, 2.45) is 5.73 Å². The van der Waals surface area contributed by atoms with Gasteiger partial charge in [0.1, 0.15) is 42.5 Å². The van der Waals surface area contributed by atoms with Gasteiger partial charge in [-0.15, -0.1) is 0 Å². The van der Waals surface area contributed by atoms with Gasteiger partial charge in [0.05, 0.1) is 6.61 Å². The van der Waals surface area contributed by atoms with Crippen LogP contribution in [0.25, 0.3) is 0 Å². The van der Waals surface area contributed by atoms with E-state index in [4.69, 9.17) is 20.3 Å². The summed E-state index contributed by atoms with van der Waals surface area (Å²) in [4.78, 5) is 59.0. The molecule has 1 unspecified atom stereocenters. The normalized spacial score (nSPS) is 26.6. The highest BCUT2D eigenvalue weighted by atomic mass is 16.6. The van der Waals surface area contributed by atoms with Crippen molar-refractivity contribution in [1.82, 2.24) is 16.0 Å². The lowest BCUT2D eigenvalue weighted by molar-refractivity contribution is -0.266. The molecule has 15 nitrogen and oxygen atoms in total. The highest BCUT2D eigenvalue weighted by Crippen LogP contribution is 2.23. The molecule has 0 spiro atoms. The number of carbonyl (C=O) groups excluding carboxylic acids is 4. The largest absolute Gasteiger partial charge is 0.481 e. The molecule has 1 heterocycles. The second kappa shape index (κ2) is 13.9. The maximum atomic E-state index is 12.7. The van der Waals surface area contributed by atoms with Gasteiger partial charge in [-0.05, 0) is 19.8 Å². The lowest BCUT2D eigenvalue weighted by Gasteiger charge is -2.43. The molecule has 9 N–H and O–H groups in total. The van der Waals surface area contributed by atoms with Gasteiger partial charge in [-0.3, -0.25) is 24.0 Å². The van der Waals surface area contributed by atoms with Gasteiger partial charge in [0.2, 0.25) is 23.6 Å². The number of carboxylic acid groups (broad SMARTS) is 1. The third kappa shape index (κ3) is 9.03. The molecule has 1 aliphatic heterocycles. The van der Waals surface area contributed by atoms with Crippen molar-refractivity contribution in [3.8, 4) is 0 Å². The molecule has 1 saturated heterocycles. The second-order valence-electron chi connectivity index (χ2n) is 8.07. The molecule has 0 aromatic carbocycles. The molecular formula is C20H34N4O11. The fourth-order valence-electron chi connectivity index (χ4n) is 3.40. The number of carbonyl (C=O) groups is 5. The number of nitrogens with two attached hydrogens (primary N) is 1. The van der Waals surface area contributed by atoms with Crippen LogP contribution < -0.4 is 21.7 Å². The Morgan fingerprint density at radius 2 is 1.69 bits per heavy atom. The zero-order valence-electron chi connectivity index (χ0n) is 19.7. The Morgan fingerprint density at radius 3 is 2.17 bits per heavy atom. The lowest BCUT2D eigenvalue weighted by Crippen LogP contribution is -2.65. The first kappa shape index (κ1) is 30.2. The van der Waals surface area contributed by atoms with Gasteiger partial charge in [-0.2, -0.15) is 0 Å². The quantitative estimate of drug-likeness (QED) is 0.120. The number of primary amides is 1. The van der Waals surface area contributed by atoms with E-state index >= 15 is 0 Å². The Hall–Kier alpha value is -2.85. The number of aliphatic carboxylic acids is 1. The van der Waals surface area contributed by atoms with Crippen molar-refractivity contribution in [1.29, 1.82) is 0 Å². The Kier molecular flexibility index (Phi) is 12.0. The molecule has 0 radical (unpaired) electrons. The van der Waals surface area contributed by atoms with Gasteiger partial charge >= 0.3 is 5.97 Å². The van der Waals surface area contributed by atoms with Gasteiger partial charge in [-0.1, -0.05) is 6.92 Å². The van der Waals surface area contributed by atoms with Gasteiger partial charge in [0.15, 0.2) is 6.29 Å². The van der Waals surface area contributed by atoms with Crippen LogP contribution in [0.15, 0.2) is 0 Å². The number of aliphatic hydroxyl groups is 3. The van der Waals surface area contributed by atoms with Crippen LogP contribution >= 0.6 is 0 Å². The molecule has 35 heavy (non-hydrogen) atoms. The van der Waals surface area contributed by atoms with Crippen molar-refractivity contribution in [2.75, 3.05) is 6.61 Å². The van der Waals surface area contributed by atoms with E-state index in [1.54, 1.807) is 6.92 Å². The molecule has 4 amide bonds. The minimum Gasteiger partial charge on any atom is -0.481 e. The first-order valence-electron chi connectivity index (χ1n) is 11.0. The molecule has 8 atom stereocenters. The monoisotopic (exact) mass is 506 g/mol. The number of aliphatic hydroxyl groups excluding tert-OH is 3. The average molecular weight is 507 g/mol. The van der Waals surface area contributed by atoms with Crippen LogP contribution in [0.2, 0.25) is 0 Å². The van der Waals surface area contributed by atoms with Crippen molar-refractivity contribution < 1.29 is 53.9 Å². The maximum Gasteiger partial charge on any atom is 0.303 e. The maximum absolute atomic E-state index is 12.7. The molecule has 0 saturated carbocycles. The minimum absolute atomic E-state index is 0.0917. The third-order valence-electron chi connectivity index (χ3n) is 5.32. The Labute approximate surface area is 201 Å². The van der Waals surface area contributed by atoms with Crippen LogP contribution in [0.3, 0.4) is 0 Å². The van der Waals surface area contributed by atoms with Crippen LogP contribution in [0.5, 0.6) is 0 Å². The summed E-state index contributed by atoms with van der Waals surface area (Å²) in [5, 5.41) is 45.8. The molecule has 1 rings (SSSR count). The van der Waals surface area contributed by atoms with Gasteiger partial charge in [0, 0.05) is 13.3 Å². The molecule has 0 aliphatic carbocycles. The summed E-state index contributed by atoms with van der Waals surface area (Å²) in [6, 6.07) is -3.66. The Morgan fingerprint density at radius 1 is 1.09 bits per heavy atom. The van der Waals surface area contributed by atoms with Crippen molar-refractivity contribution in [3.63, 3.8) is 0 Å². The van der Waals surface area contributed by atoms with E-state index in [1.807, 2.05) is 0 Å². The Balaban J connectivity index is 2.88. The van der Waals surface area contributed by atoms with Crippen molar-refractivity contribution >= 4 is 29.6 Å². The van der Waals surface area contributed by atoms with Crippen LogP contribution in [0.1, 0.15) is 40.0 Å². The van der Waals surface area contributed by atoms with Crippen LogP contribution in [0.4, 0.5) is 0 Å². The van der Waals surface area contributed by atoms with E-state index in [-0.39, 0.29) is 12.8 Å². The summed E-state index contributed by atoms with van der Waals surface area (Å²) >= 11 is 0. The second-order valence-corrected chi connectivity index (χ2v) is 8.07. The molecule has 1 fully saturated rings. The fraction of sp³-hybridized carbons (Fsp3) is 0.750. The van der Waals surface area contributed by atoms with Gasteiger partial charge in [-0.25, -0.2) is 0 Å². The van der Waals surface area contributed by atoms with Gasteiger partial charge < -0.3 is 51.6 Å². The van der Waals surface area contributed by atoms with E-state index in [9.17, 15) is 39.3 Å². The fourth-order valence-corrected chi connectivity index (χ4v) is 3.40. The third-order valence-corrected chi connectivity index (χ3v) is 5.32. The standard InChI is InChI=1S/C20H34N4O11/c1-4-10(19(32)24-11(17(21)30)5-6-13(27)28)23-18(31)8(2)34-16-14(22-9(3)26)20(33)35-12(7-25)15(16)29/h8,10-12,14-16,20,25,29,33H,4-7H2,1-3H3,(H2,21,30)(H,22,26)(H,23,31)(H,24,32)(H,27,28)/t8?,10-,11+,12+,14+,15+,16+,20+/m0/s1.